The molecule has 5 nitrogen and oxygen atoms in total. The number of rotatable bonds is 5. The highest BCUT2D eigenvalue weighted by atomic mass is 32.1. The molecule has 2 atom stereocenters. The Balaban J connectivity index is 1.70. The normalized spacial score (nSPS) is 22.5. The molecule has 2 heterocycles. The van der Waals surface area contributed by atoms with Crippen LogP contribution in [-0.2, 0) is 20.7 Å². The van der Waals surface area contributed by atoms with Crippen molar-refractivity contribution in [1.82, 2.24) is 5.32 Å². The molecule has 1 aromatic rings. The highest BCUT2D eigenvalue weighted by Gasteiger charge is 2.26. The highest BCUT2D eigenvalue weighted by Crippen LogP contribution is 2.15. The number of hydrogen-bond acceptors (Lipinski definition) is 4. The van der Waals surface area contributed by atoms with Crippen LogP contribution in [0.25, 0.3) is 0 Å². The number of carbonyl (C=O) groups excluding carboxylic acids is 1. The summed E-state index contributed by atoms with van der Waals surface area (Å²) in [7, 11) is 1.55. The number of carbonyl (C=O) groups is 2. The van der Waals surface area contributed by atoms with Gasteiger partial charge in [-0.25, -0.2) is 0 Å². The molecule has 1 fully saturated rings. The molecule has 1 amide bonds. The van der Waals surface area contributed by atoms with Crippen molar-refractivity contribution in [2.45, 2.75) is 37.7 Å². The number of carboxylic acids is 1. The molecule has 101 valence electrons. The second-order valence-electron chi connectivity index (χ2n) is 4.50. The molecular formula is C12H15BNO4S. The van der Waals surface area contributed by atoms with Crippen LogP contribution in [0, 0.1) is 0 Å². The second kappa shape index (κ2) is 6.72. The molecule has 19 heavy (non-hydrogen) atoms. The summed E-state index contributed by atoms with van der Waals surface area (Å²) in [5.41, 5.74) is 0. The smallest absolute Gasteiger partial charge is 0.317 e. The van der Waals surface area contributed by atoms with Gasteiger partial charge in [0.15, 0.2) is 0 Å². The molecule has 1 radical (unpaired) electrons. The lowest BCUT2D eigenvalue weighted by Crippen LogP contribution is -2.45. The standard InChI is InChI=1S/C12H15BNO4S/c15-11(7-9-2-1-5-19-9)14-10-4-3-8(18-13-10)6-12(16)17/h1-2,5,8,10H,3-4,6-7H2,(H,14,15)(H,16,17)/t8-,10-/m0/s1. The van der Waals surface area contributed by atoms with E-state index in [1.807, 2.05) is 17.5 Å². The van der Waals surface area contributed by atoms with Crippen LogP contribution in [0.3, 0.4) is 0 Å². The minimum Gasteiger partial charge on any atom is -0.481 e. The van der Waals surface area contributed by atoms with Gasteiger partial charge >= 0.3 is 13.5 Å². The molecule has 1 aliphatic heterocycles. The van der Waals surface area contributed by atoms with Crippen molar-refractivity contribution < 1.29 is 19.3 Å². The Kier molecular flexibility index (Phi) is 4.98. The lowest BCUT2D eigenvalue weighted by atomic mass is 9.79. The van der Waals surface area contributed by atoms with E-state index in [1.54, 1.807) is 18.8 Å². The van der Waals surface area contributed by atoms with Crippen LogP contribution in [0.4, 0.5) is 0 Å². The minimum atomic E-state index is -0.862. The summed E-state index contributed by atoms with van der Waals surface area (Å²) in [5.74, 6) is -1.03. The van der Waals surface area contributed by atoms with Crippen molar-refractivity contribution in [3.8, 4) is 0 Å². The quantitative estimate of drug-likeness (QED) is 0.789. The predicted octanol–water partition coefficient (Wildman–Crippen LogP) is 1.01. The highest BCUT2D eigenvalue weighted by molar-refractivity contribution is 7.10. The summed E-state index contributed by atoms with van der Waals surface area (Å²) >= 11 is 1.55. The van der Waals surface area contributed by atoms with Crippen molar-refractivity contribution in [3.05, 3.63) is 22.4 Å². The fourth-order valence-electron chi connectivity index (χ4n) is 1.99. The van der Waals surface area contributed by atoms with E-state index < -0.39 is 5.97 Å². The second-order valence-corrected chi connectivity index (χ2v) is 5.53. The fraction of sp³-hybridized carbons (Fsp3) is 0.500. The van der Waals surface area contributed by atoms with E-state index >= 15 is 0 Å². The van der Waals surface area contributed by atoms with Gasteiger partial charge in [-0.05, 0) is 24.3 Å². The van der Waals surface area contributed by atoms with Crippen molar-refractivity contribution in [2.75, 3.05) is 0 Å². The Morgan fingerprint density at radius 2 is 2.37 bits per heavy atom. The first-order valence-electron chi connectivity index (χ1n) is 6.16. The molecule has 0 aliphatic carbocycles. The van der Waals surface area contributed by atoms with E-state index in [1.165, 1.54) is 0 Å². The third-order valence-electron chi connectivity index (χ3n) is 2.90. The van der Waals surface area contributed by atoms with Crippen LogP contribution in [0.15, 0.2) is 17.5 Å². The maximum Gasteiger partial charge on any atom is 0.317 e. The topological polar surface area (TPSA) is 75.6 Å². The number of aliphatic carboxylic acids is 1. The number of thiophene rings is 1. The summed E-state index contributed by atoms with van der Waals surface area (Å²) in [5, 5.41) is 13.5. The SMILES string of the molecule is O=C(O)C[C@@H]1CC[C@H](NC(=O)Cc2cccs2)[B]O1. The maximum absolute atomic E-state index is 11.8. The van der Waals surface area contributed by atoms with E-state index in [0.717, 1.165) is 4.88 Å². The van der Waals surface area contributed by atoms with Gasteiger partial charge in [0.05, 0.1) is 18.9 Å². The van der Waals surface area contributed by atoms with Crippen LogP contribution in [-0.4, -0.2) is 36.5 Å². The zero-order valence-corrected chi connectivity index (χ0v) is 11.2. The van der Waals surface area contributed by atoms with E-state index in [9.17, 15) is 9.59 Å². The van der Waals surface area contributed by atoms with Gasteiger partial charge in [0.2, 0.25) is 5.91 Å². The average molecular weight is 280 g/mol. The molecule has 0 aromatic carbocycles. The first kappa shape index (κ1) is 14.1. The molecule has 1 aromatic heterocycles. The first-order chi connectivity index (χ1) is 9.13. The number of carboxylic acid groups (broad SMARTS) is 1. The van der Waals surface area contributed by atoms with Crippen LogP contribution in [0.5, 0.6) is 0 Å². The van der Waals surface area contributed by atoms with Gasteiger partial charge in [-0.2, -0.15) is 0 Å². The molecule has 1 aliphatic rings. The van der Waals surface area contributed by atoms with Gasteiger partial charge in [-0.1, -0.05) is 6.07 Å². The van der Waals surface area contributed by atoms with Gasteiger partial charge < -0.3 is 15.1 Å². The van der Waals surface area contributed by atoms with Gasteiger partial charge in [-0.15, -0.1) is 11.3 Å². The van der Waals surface area contributed by atoms with Gasteiger partial charge in [-0.3, -0.25) is 9.59 Å². The Labute approximate surface area is 116 Å². The van der Waals surface area contributed by atoms with Crippen LogP contribution in [0.2, 0.25) is 0 Å². The van der Waals surface area contributed by atoms with E-state index in [-0.39, 0.29) is 24.4 Å². The Morgan fingerprint density at radius 1 is 1.53 bits per heavy atom. The number of nitrogens with one attached hydrogen (secondary N) is 1. The van der Waals surface area contributed by atoms with Crippen LogP contribution >= 0.6 is 11.3 Å². The van der Waals surface area contributed by atoms with Crippen molar-refractivity contribution in [1.29, 1.82) is 0 Å². The summed E-state index contributed by atoms with van der Waals surface area (Å²) in [4.78, 5) is 23.3. The van der Waals surface area contributed by atoms with E-state index in [0.29, 0.717) is 19.3 Å². The van der Waals surface area contributed by atoms with Gasteiger partial charge in [0.1, 0.15) is 0 Å². The average Bonchev–Trinajstić information content (AvgIpc) is 2.83. The molecule has 0 unspecified atom stereocenters. The first-order valence-corrected chi connectivity index (χ1v) is 7.04. The van der Waals surface area contributed by atoms with Gasteiger partial charge in [0.25, 0.3) is 0 Å². The van der Waals surface area contributed by atoms with Crippen molar-refractivity contribution >= 4 is 30.7 Å². The van der Waals surface area contributed by atoms with E-state index in [2.05, 4.69) is 5.32 Å². The molecule has 2 rings (SSSR count). The molecule has 0 saturated carbocycles. The van der Waals surface area contributed by atoms with E-state index in [4.69, 9.17) is 9.76 Å². The molecule has 1 saturated heterocycles. The number of hydrogen-bond donors (Lipinski definition) is 2. The van der Waals surface area contributed by atoms with Crippen molar-refractivity contribution in [3.63, 3.8) is 0 Å². The molecular weight excluding hydrogens is 265 g/mol. The largest absolute Gasteiger partial charge is 0.481 e. The van der Waals surface area contributed by atoms with Crippen LogP contribution < -0.4 is 5.32 Å². The minimum absolute atomic E-state index is 0.00631. The molecule has 7 heteroatoms. The monoisotopic (exact) mass is 280 g/mol. The molecule has 2 N–H and O–H groups in total. The Bertz CT molecular complexity index is 429. The summed E-state index contributed by atoms with van der Waals surface area (Å²) in [6.45, 7) is 0. The molecule has 0 spiro atoms. The maximum atomic E-state index is 11.8. The lowest BCUT2D eigenvalue weighted by Gasteiger charge is -2.27. The fourth-order valence-corrected chi connectivity index (χ4v) is 2.69. The summed E-state index contributed by atoms with van der Waals surface area (Å²) in [6, 6.07) is 3.84. The third-order valence-corrected chi connectivity index (χ3v) is 3.77. The Hall–Kier alpha value is -1.34. The third kappa shape index (κ3) is 4.68. The van der Waals surface area contributed by atoms with Gasteiger partial charge in [0, 0.05) is 10.8 Å². The Morgan fingerprint density at radius 3 is 2.95 bits per heavy atom. The zero-order valence-electron chi connectivity index (χ0n) is 10.4. The zero-order chi connectivity index (χ0) is 13.7. The molecule has 0 bridgehead atoms. The summed E-state index contributed by atoms with van der Waals surface area (Å²) < 4.78 is 5.32. The van der Waals surface area contributed by atoms with Crippen molar-refractivity contribution in [2.24, 2.45) is 0 Å². The number of amides is 1. The predicted molar refractivity (Wildman–Crippen MR) is 72.1 cm³/mol. The summed E-state index contributed by atoms with van der Waals surface area (Å²) in [6.07, 6.45) is 1.47. The lowest BCUT2D eigenvalue weighted by molar-refractivity contribution is -0.139. The van der Waals surface area contributed by atoms with Crippen LogP contribution in [0.1, 0.15) is 24.1 Å².